The molecule has 0 atom stereocenters. The number of aryl methyl sites for hydroxylation is 1. The second-order valence-electron chi connectivity index (χ2n) is 3.65. The van der Waals surface area contributed by atoms with E-state index in [4.69, 9.17) is 4.42 Å². The number of nitrogens with one attached hydrogen (secondary N) is 1. The highest BCUT2D eigenvalue weighted by molar-refractivity contribution is 5.59. The highest BCUT2D eigenvalue weighted by atomic mass is 16.4. The van der Waals surface area contributed by atoms with Crippen LogP contribution in [0, 0.1) is 6.92 Å². The molecular formula is C14H15NO. The van der Waals surface area contributed by atoms with Crippen molar-refractivity contribution in [2.45, 2.75) is 13.8 Å². The van der Waals surface area contributed by atoms with Gasteiger partial charge in [-0.05, 0) is 37.6 Å². The molecule has 1 aromatic carbocycles. The van der Waals surface area contributed by atoms with Crippen LogP contribution < -0.4 is 5.32 Å². The summed E-state index contributed by atoms with van der Waals surface area (Å²) in [6.07, 6.45) is 3.93. The number of para-hydroxylation sites is 1. The number of hydrogen-bond donors (Lipinski definition) is 1. The summed E-state index contributed by atoms with van der Waals surface area (Å²) in [6, 6.07) is 12.0. The lowest BCUT2D eigenvalue weighted by atomic mass is 10.2. The third-order valence-corrected chi connectivity index (χ3v) is 2.32. The standard InChI is InChI=1S/C14H15NO/c1-3-7-13-11(2)10-14(16-13)15-12-8-5-4-6-9-12/h3-10,15H,1-2H3. The first-order chi connectivity index (χ1) is 7.79. The number of allylic oxidation sites excluding steroid dienone is 1. The van der Waals surface area contributed by atoms with Crippen LogP contribution >= 0.6 is 0 Å². The molecule has 0 saturated heterocycles. The van der Waals surface area contributed by atoms with E-state index in [9.17, 15) is 0 Å². The Labute approximate surface area is 95.6 Å². The van der Waals surface area contributed by atoms with Crippen LogP contribution in [0.4, 0.5) is 11.6 Å². The van der Waals surface area contributed by atoms with Crippen LogP contribution in [0.2, 0.25) is 0 Å². The number of furan rings is 1. The molecule has 82 valence electrons. The van der Waals surface area contributed by atoms with Gasteiger partial charge in [0.05, 0.1) is 0 Å². The van der Waals surface area contributed by atoms with Gasteiger partial charge in [-0.3, -0.25) is 0 Å². The Morgan fingerprint density at radius 2 is 1.94 bits per heavy atom. The maximum atomic E-state index is 5.66. The molecule has 0 bridgehead atoms. The maximum absolute atomic E-state index is 5.66. The van der Waals surface area contributed by atoms with E-state index in [2.05, 4.69) is 5.32 Å². The molecule has 1 heterocycles. The van der Waals surface area contributed by atoms with Crippen LogP contribution in [-0.2, 0) is 0 Å². The lowest BCUT2D eigenvalue weighted by molar-refractivity contribution is 0.572. The molecule has 0 aliphatic heterocycles. The third kappa shape index (κ3) is 2.34. The number of anilines is 2. The number of benzene rings is 1. The van der Waals surface area contributed by atoms with Gasteiger partial charge >= 0.3 is 0 Å². The topological polar surface area (TPSA) is 25.2 Å². The first-order valence-corrected chi connectivity index (χ1v) is 5.35. The summed E-state index contributed by atoms with van der Waals surface area (Å²) in [4.78, 5) is 0. The Morgan fingerprint density at radius 1 is 1.19 bits per heavy atom. The van der Waals surface area contributed by atoms with E-state index < -0.39 is 0 Å². The lowest BCUT2D eigenvalue weighted by Gasteiger charge is -2.00. The van der Waals surface area contributed by atoms with Gasteiger partial charge in [-0.1, -0.05) is 24.3 Å². The summed E-state index contributed by atoms with van der Waals surface area (Å²) in [5.41, 5.74) is 2.17. The normalized spacial score (nSPS) is 10.9. The second kappa shape index (κ2) is 4.71. The molecule has 16 heavy (non-hydrogen) atoms. The molecule has 0 unspecified atom stereocenters. The van der Waals surface area contributed by atoms with Crippen LogP contribution in [0.25, 0.3) is 6.08 Å². The molecule has 2 aromatic rings. The van der Waals surface area contributed by atoms with Crippen molar-refractivity contribution in [3.63, 3.8) is 0 Å². The zero-order chi connectivity index (χ0) is 11.4. The predicted molar refractivity (Wildman–Crippen MR) is 67.9 cm³/mol. The molecule has 2 heteroatoms. The molecular weight excluding hydrogens is 198 g/mol. The average molecular weight is 213 g/mol. The number of hydrogen-bond acceptors (Lipinski definition) is 2. The van der Waals surface area contributed by atoms with E-state index in [0.29, 0.717) is 0 Å². The third-order valence-electron chi connectivity index (χ3n) is 2.32. The van der Waals surface area contributed by atoms with Crippen molar-refractivity contribution in [2.24, 2.45) is 0 Å². The van der Waals surface area contributed by atoms with Gasteiger partial charge in [0, 0.05) is 11.8 Å². The fraction of sp³-hybridized carbons (Fsp3) is 0.143. The highest BCUT2D eigenvalue weighted by Crippen LogP contribution is 2.23. The van der Waals surface area contributed by atoms with Crippen molar-refractivity contribution in [1.29, 1.82) is 0 Å². The van der Waals surface area contributed by atoms with Crippen LogP contribution in [0.3, 0.4) is 0 Å². The molecule has 2 rings (SSSR count). The van der Waals surface area contributed by atoms with Gasteiger partial charge < -0.3 is 9.73 Å². The van der Waals surface area contributed by atoms with Crippen LogP contribution in [0.1, 0.15) is 18.2 Å². The summed E-state index contributed by atoms with van der Waals surface area (Å²) >= 11 is 0. The Bertz CT molecular complexity index is 483. The molecule has 0 amide bonds. The van der Waals surface area contributed by atoms with Gasteiger partial charge in [-0.15, -0.1) is 0 Å². The van der Waals surface area contributed by atoms with Gasteiger partial charge in [0.1, 0.15) is 5.76 Å². The quantitative estimate of drug-likeness (QED) is 0.819. The smallest absolute Gasteiger partial charge is 0.198 e. The molecule has 1 N–H and O–H groups in total. The van der Waals surface area contributed by atoms with Crippen LogP contribution in [0.15, 0.2) is 46.9 Å². The minimum Gasteiger partial charge on any atom is -0.441 e. The largest absolute Gasteiger partial charge is 0.441 e. The van der Waals surface area contributed by atoms with Crippen LogP contribution in [-0.4, -0.2) is 0 Å². The van der Waals surface area contributed by atoms with Gasteiger partial charge in [0.15, 0.2) is 5.88 Å². The Kier molecular flexibility index (Phi) is 3.10. The molecule has 0 fully saturated rings. The Balaban J connectivity index is 2.20. The van der Waals surface area contributed by atoms with Crippen molar-refractivity contribution in [1.82, 2.24) is 0 Å². The summed E-state index contributed by atoms with van der Waals surface area (Å²) < 4.78 is 5.66. The van der Waals surface area contributed by atoms with E-state index in [1.807, 2.05) is 62.4 Å². The van der Waals surface area contributed by atoms with Crippen molar-refractivity contribution >= 4 is 17.6 Å². The van der Waals surface area contributed by atoms with Crippen molar-refractivity contribution in [3.05, 3.63) is 53.8 Å². The molecule has 1 aromatic heterocycles. The van der Waals surface area contributed by atoms with Crippen LogP contribution in [0.5, 0.6) is 0 Å². The van der Waals surface area contributed by atoms with Gasteiger partial charge in [-0.25, -0.2) is 0 Å². The molecule has 0 aliphatic rings. The van der Waals surface area contributed by atoms with E-state index in [-0.39, 0.29) is 0 Å². The average Bonchev–Trinajstić information content (AvgIpc) is 2.61. The lowest BCUT2D eigenvalue weighted by Crippen LogP contribution is -1.86. The SMILES string of the molecule is CC=Cc1oc(Nc2ccccc2)cc1C. The summed E-state index contributed by atoms with van der Waals surface area (Å²) in [6.45, 7) is 4.02. The molecule has 2 nitrogen and oxygen atoms in total. The number of rotatable bonds is 3. The Morgan fingerprint density at radius 3 is 2.62 bits per heavy atom. The zero-order valence-electron chi connectivity index (χ0n) is 9.53. The second-order valence-corrected chi connectivity index (χ2v) is 3.65. The molecule has 0 saturated carbocycles. The molecule has 0 spiro atoms. The zero-order valence-corrected chi connectivity index (χ0v) is 9.53. The maximum Gasteiger partial charge on any atom is 0.198 e. The minimum atomic E-state index is 0.775. The summed E-state index contributed by atoms with van der Waals surface area (Å²) in [7, 11) is 0. The minimum absolute atomic E-state index is 0.775. The van der Waals surface area contributed by atoms with E-state index in [1.165, 1.54) is 0 Å². The predicted octanol–water partition coefficient (Wildman–Crippen LogP) is 4.36. The van der Waals surface area contributed by atoms with Gasteiger partial charge in [0.2, 0.25) is 0 Å². The Hall–Kier alpha value is -1.96. The monoisotopic (exact) mass is 213 g/mol. The van der Waals surface area contributed by atoms with E-state index >= 15 is 0 Å². The first-order valence-electron chi connectivity index (χ1n) is 5.35. The summed E-state index contributed by atoms with van der Waals surface area (Å²) in [5.74, 6) is 1.68. The fourth-order valence-electron chi connectivity index (χ4n) is 1.54. The van der Waals surface area contributed by atoms with Crippen molar-refractivity contribution < 1.29 is 4.42 Å². The fourth-order valence-corrected chi connectivity index (χ4v) is 1.54. The summed E-state index contributed by atoms with van der Waals surface area (Å²) in [5, 5.41) is 3.22. The van der Waals surface area contributed by atoms with E-state index in [1.54, 1.807) is 0 Å². The molecule has 0 aliphatic carbocycles. The van der Waals surface area contributed by atoms with Crippen molar-refractivity contribution in [2.75, 3.05) is 5.32 Å². The van der Waals surface area contributed by atoms with E-state index in [0.717, 1.165) is 22.9 Å². The molecule has 0 radical (unpaired) electrons. The first kappa shape index (κ1) is 10.6. The van der Waals surface area contributed by atoms with Crippen molar-refractivity contribution in [3.8, 4) is 0 Å². The highest BCUT2D eigenvalue weighted by Gasteiger charge is 2.04. The van der Waals surface area contributed by atoms with Gasteiger partial charge in [-0.2, -0.15) is 0 Å². The van der Waals surface area contributed by atoms with Gasteiger partial charge in [0.25, 0.3) is 0 Å².